The summed E-state index contributed by atoms with van der Waals surface area (Å²) in [6.45, 7) is 3.97. The minimum Gasteiger partial charge on any atom is -0.339 e. The first-order valence-electron chi connectivity index (χ1n) is 12.8. The van der Waals surface area contributed by atoms with Crippen LogP contribution in [0.15, 0.2) is 36.5 Å². The van der Waals surface area contributed by atoms with Crippen LogP contribution in [0.3, 0.4) is 0 Å². The maximum atomic E-state index is 13.5. The van der Waals surface area contributed by atoms with E-state index in [4.69, 9.17) is 0 Å². The first-order chi connectivity index (χ1) is 17.0. The number of anilines is 1. The molecule has 2 heterocycles. The number of aryl methyl sites for hydroxylation is 2. The Morgan fingerprint density at radius 2 is 1.74 bits per heavy atom. The molecule has 184 valence electrons. The highest BCUT2D eigenvalue weighted by Crippen LogP contribution is 2.32. The number of hydrogen-bond acceptors (Lipinski definition) is 4. The van der Waals surface area contributed by atoms with Gasteiger partial charge in [-0.1, -0.05) is 31.4 Å². The van der Waals surface area contributed by atoms with Gasteiger partial charge < -0.3 is 10.6 Å². The topological polar surface area (TPSA) is 105 Å². The van der Waals surface area contributed by atoms with Crippen molar-refractivity contribution < 1.29 is 9.59 Å². The number of benzene rings is 1. The highest BCUT2D eigenvalue weighted by Gasteiger charge is 2.33. The van der Waals surface area contributed by atoms with E-state index in [-0.39, 0.29) is 23.8 Å². The molecule has 35 heavy (non-hydrogen) atoms. The van der Waals surface area contributed by atoms with Gasteiger partial charge in [-0.2, -0.15) is 10.2 Å². The first-order valence-corrected chi connectivity index (χ1v) is 12.8. The fraction of sp³-hybridized carbons (Fsp3) is 0.481. The molecule has 0 saturated heterocycles. The van der Waals surface area contributed by atoms with E-state index in [9.17, 15) is 9.59 Å². The monoisotopic (exact) mass is 474 g/mol. The molecular weight excluding hydrogens is 440 g/mol. The molecule has 5 rings (SSSR count). The fourth-order valence-electron chi connectivity index (χ4n) is 5.41. The van der Waals surface area contributed by atoms with Crippen LogP contribution >= 0.6 is 0 Å². The maximum Gasteiger partial charge on any atom is 0.270 e. The number of rotatable bonds is 7. The Balaban J connectivity index is 1.32. The van der Waals surface area contributed by atoms with Gasteiger partial charge in [0.2, 0.25) is 5.91 Å². The third-order valence-electron chi connectivity index (χ3n) is 7.58. The van der Waals surface area contributed by atoms with Crippen LogP contribution in [0, 0.1) is 19.8 Å². The Kier molecular flexibility index (Phi) is 6.70. The second-order valence-electron chi connectivity index (χ2n) is 9.97. The van der Waals surface area contributed by atoms with Crippen LogP contribution < -0.4 is 10.6 Å². The predicted octanol–water partition coefficient (Wildman–Crippen LogP) is 4.93. The Morgan fingerprint density at radius 3 is 2.37 bits per heavy atom. The SMILES string of the molecule is Cc1n[nH]c(C)c1-c1ccc(NC(=O)[C@@H](NC(=O)c2ccnn2C2CCC2)C2CCCCC2)cc1. The van der Waals surface area contributed by atoms with E-state index in [1.54, 1.807) is 12.3 Å². The average molecular weight is 475 g/mol. The molecule has 0 unspecified atom stereocenters. The number of aromatic nitrogens is 4. The van der Waals surface area contributed by atoms with E-state index >= 15 is 0 Å². The van der Waals surface area contributed by atoms with E-state index in [0.29, 0.717) is 11.4 Å². The van der Waals surface area contributed by atoms with Gasteiger partial charge in [-0.3, -0.25) is 19.4 Å². The Bertz CT molecular complexity index is 1170. The highest BCUT2D eigenvalue weighted by molar-refractivity contribution is 6.00. The minimum absolute atomic E-state index is 0.128. The van der Waals surface area contributed by atoms with Crippen LogP contribution in [-0.4, -0.2) is 37.8 Å². The van der Waals surface area contributed by atoms with Gasteiger partial charge in [0.05, 0.1) is 11.7 Å². The van der Waals surface area contributed by atoms with E-state index in [0.717, 1.165) is 67.5 Å². The van der Waals surface area contributed by atoms with Crippen LogP contribution in [0.1, 0.15) is 79.3 Å². The van der Waals surface area contributed by atoms with Crippen molar-refractivity contribution >= 4 is 17.5 Å². The minimum atomic E-state index is -0.578. The summed E-state index contributed by atoms with van der Waals surface area (Å²) < 4.78 is 1.83. The van der Waals surface area contributed by atoms with Crippen molar-refractivity contribution in [1.82, 2.24) is 25.3 Å². The summed E-state index contributed by atoms with van der Waals surface area (Å²) in [6.07, 6.45) is 10.2. The number of carbonyl (C=O) groups excluding carboxylic acids is 2. The third-order valence-corrected chi connectivity index (χ3v) is 7.58. The molecule has 2 amide bonds. The zero-order chi connectivity index (χ0) is 24.4. The Morgan fingerprint density at radius 1 is 1.00 bits per heavy atom. The van der Waals surface area contributed by atoms with Gasteiger partial charge in [0.1, 0.15) is 11.7 Å². The number of H-pyrrole nitrogens is 1. The van der Waals surface area contributed by atoms with Gasteiger partial charge in [0.15, 0.2) is 0 Å². The van der Waals surface area contributed by atoms with Crippen LogP contribution in [0.2, 0.25) is 0 Å². The number of carbonyl (C=O) groups is 2. The molecule has 2 aromatic heterocycles. The average Bonchev–Trinajstić information content (AvgIpc) is 3.44. The smallest absolute Gasteiger partial charge is 0.270 e. The molecule has 1 aromatic carbocycles. The normalized spacial score (nSPS) is 17.5. The number of aromatic amines is 1. The maximum absolute atomic E-state index is 13.5. The molecule has 0 bridgehead atoms. The predicted molar refractivity (Wildman–Crippen MR) is 135 cm³/mol. The number of hydrogen-bond donors (Lipinski definition) is 3. The Labute approximate surface area is 205 Å². The molecule has 2 fully saturated rings. The molecular formula is C27H34N6O2. The highest BCUT2D eigenvalue weighted by atomic mass is 16.2. The standard InChI is InChI=1S/C27H34N6O2/c1-17-24(18(2)32-31-17)19-11-13-21(14-12-19)29-27(35)25(20-7-4-3-5-8-20)30-26(34)23-15-16-28-33(23)22-9-6-10-22/h11-16,20,22,25H,3-10H2,1-2H3,(H,29,35)(H,30,34)(H,31,32)/t25-/m0/s1. The van der Waals surface area contributed by atoms with Gasteiger partial charge in [-0.05, 0) is 75.6 Å². The van der Waals surface area contributed by atoms with Crippen molar-refractivity contribution in [2.75, 3.05) is 5.32 Å². The quantitative estimate of drug-likeness (QED) is 0.451. The van der Waals surface area contributed by atoms with Crippen molar-refractivity contribution in [1.29, 1.82) is 0 Å². The molecule has 1 atom stereocenters. The molecule has 0 aliphatic heterocycles. The van der Waals surface area contributed by atoms with Crippen molar-refractivity contribution in [2.45, 2.75) is 77.3 Å². The zero-order valence-electron chi connectivity index (χ0n) is 20.5. The lowest BCUT2D eigenvalue weighted by Gasteiger charge is -2.31. The van der Waals surface area contributed by atoms with E-state index in [2.05, 4.69) is 25.9 Å². The fourth-order valence-corrected chi connectivity index (χ4v) is 5.41. The number of nitrogens with one attached hydrogen (secondary N) is 3. The second-order valence-corrected chi connectivity index (χ2v) is 9.97. The summed E-state index contributed by atoms with van der Waals surface area (Å²) in [5, 5.41) is 17.8. The lowest BCUT2D eigenvalue weighted by Crippen LogP contribution is -2.49. The molecule has 2 aliphatic rings. The van der Waals surface area contributed by atoms with Gasteiger partial charge in [0.25, 0.3) is 5.91 Å². The van der Waals surface area contributed by atoms with Crippen LogP contribution in [-0.2, 0) is 4.79 Å². The van der Waals surface area contributed by atoms with E-state index in [1.165, 1.54) is 6.42 Å². The van der Waals surface area contributed by atoms with E-state index < -0.39 is 6.04 Å². The molecule has 8 heteroatoms. The van der Waals surface area contributed by atoms with Crippen LogP contribution in [0.25, 0.3) is 11.1 Å². The van der Waals surface area contributed by atoms with Gasteiger partial charge in [0, 0.05) is 23.1 Å². The van der Waals surface area contributed by atoms with Crippen molar-refractivity contribution in [3.05, 3.63) is 53.6 Å². The largest absolute Gasteiger partial charge is 0.339 e. The Hall–Kier alpha value is -3.42. The summed E-state index contributed by atoms with van der Waals surface area (Å²) >= 11 is 0. The summed E-state index contributed by atoms with van der Waals surface area (Å²) in [4.78, 5) is 26.7. The lowest BCUT2D eigenvalue weighted by atomic mass is 9.83. The van der Waals surface area contributed by atoms with Gasteiger partial charge >= 0.3 is 0 Å². The van der Waals surface area contributed by atoms with Crippen molar-refractivity contribution in [3.8, 4) is 11.1 Å². The molecule has 2 aliphatic carbocycles. The molecule has 3 N–H and O–H groups in total. The summed E-state index contributed by atoms with van der Waals surface area (Å²) in [7, 11) is 0. The second kappa shape index (κ2) is 10.1. The number of nitrogens with zero attached hydrogens (tertiary/aromatic N) is 3. The summed E-state index contributed by atoms with van der Waals surface area (Å²) in [5.74, 6) is -0.256. The molecule has 2 saturated carbocycles. The number of amides is 2. The molecule has 0 spiro atoms. The molecule has 8 nitrogen and oxygen atoms in total. The van der Waals surface area contributed by atoms with Gasteiger partial charge in [-0.25, -0.2) is 0 Å². The summed E-state index contributed by atoms with van der Waals surface area (Å²) in [6, 6.07) is 9.26. The molecule has 3 aromatic rings. The van der Waals surface area contributed by atoms with E-state index in [1.807, 2.05) is 42.8 Å². The van der Waals surface area contributed by atoms with Crippen LogP contribution in [0.4, 0.5) is 5.69 Å². The van der Waals surface area contributed by atoms with Gasteiger partial charge in [-0.15, -0.1) is 0 Å². The summed E-state index contributed by atoms with van der Waals surface area (Å²) in [5.41, 5.74) is 5.35. The first kappa shape index (κ1) is 23.3. The molecule has 0 radical (unpaired) electrons. The van der Waals surface area contributed by atoms with Crippen molar-refractivity contribution in [2.24, 2.45) is 5.92 Å². The third kappa shape index (κ3) is 4.88. The zero-order valence-corrected chi connectivity index (χ0v) is 20.5. The van der Waals surface area contributed by atoms with Crippen LogP contribution in [0.5, 0.6) is 0 Å². The lowest BCUT2D eigenvalue weighted by molar-refractivity contribution is -0.119. The van der Waals surface area contributed by atoms with Crippen molar-refractivity contribution in [3.63, 3.8) is 0 Å².